The molecule has 2 heterocycles. The number of benzene rings is 1. The number of halogens is 2. The normalized spacial score (nSPS) is 11.6. The molecule has 0 radical (unpaired) electrons. The van der Waals surface area contributed by atoms with Gasteiger partial charge in [0.25, 0.3) is 5.56 Å². The summed E-state index contributed by atoms with van der Waals surface area (Å²) in [5.74, 6) is 0.301. The minimum atomic E-state index is -0.587. The number of hydrogen-bond donors (Lipinski definition) is 0. The van der Waals surface area contributed by atoms with Crippen molar-refractivity contribution in [2.75, 3.05) is 0 Å². The van der Waals surface area contributed by atoms with Crippen molar-refractivity contribution in [3.8, 4) is 11.5 Å². The Morgan fingerprint density at radius 2 is 1.42 bits per heavy atom. The van der Waals surface area contributed by atoms with E-state index in [2.05, 4.69) is 16.9 Å². The lowest BCUT2D eigenvalue weighted by Crippen LogP contribution is -2.36. The van der Waals surface area contributed by atoms with Crippen LogP contribution in [0.2, 0.25) is 10.0 Å². The summed E-state index contributed by atoms with van der Waals surface area (Å²) in [5.41, 5.74) is 0.403. The van der Waals surface area contributed by atoms with Crippen LogP contribution < -0.4 is 11.2 Å². The van der Waals surface area contributed by atoms with Gasteiger partial charge in [-0.2, -0.15) is 4.98 Å². The highest BCUT2D eigenvalue weighted by atomic mass is 35.5. The smallest absolute Gasteiger partial charge is 0.322 e. The molecule has 1 aromatic rings. The largest absolute Gasteiger partial charge is 0.352 e. The third kappa shape index (κ3) is 5.66. The maximum Gasteiger partial charge on any atom is 0.352 e. The number of fused-ring (bicyclic) bond motifs is 2. The molecule has 0 spiro atoms. The molecule has 0 amide bonds. The molecule has 168 valence electrons. The van der Waals surface area contributed by atoms with Crippen molar-refractivity contribution in [3.63, 3.8) is 0 Å². The summed E-state index contributed by atoms with van der Waals surface area (Å²) in [7, 11) is 1.41. The molecule has 3 rings (SSSR count). The second-order valence-corrected chi connectivity index (χ2v) is 8.95. The Kier molecular flexibility index (Phi) is 8.50. The molecule has 0 aliphatic carbocycles. The van der Waals surface area contributed by atoms with Gasteiger partial charge < -0.3 is 4.57 Å². The molecule has 31 heavy (non-hydrogen) atoms. The van der Waals surface area contributed by atoms with Gasteiger partial charge in [-0.05, 0) is 18.6 Å². The zero-order valence-corrected chi connectivity index (χ0v) is 19.8. The number of aromatic nitrogens is 4. The summed E-state index contributed by atoms with van der Waals surface area (Å²) in [6.45, 7) is 2.87. The predicted octanol–water partition coefficient (Wildman–Crippen LogP) is 5.82. The maximum atomic E-state index is 12.6. The standard InChI is InChI=1S/C23H30Cl2N4O2/c1-3-4-5-6-7-8-9-10-11-12-13-29-19-15-17(25)16(24)14-18(19)26-20-21(29)27-23(31)28(2)22(20)30/h14-15H,3-13H2,1-2H3. The van der Waals surface area contributed by atoms with Crippen molar-refractivity contribution >= 4 is 34.2 Å². The van der Waals surface area contributed by atoms with Crippen LogP contribution in [0, 0.1) is 0 Å². The maximum absolute atomic E-state index is 12.6. The molecule has 0 saturated carbocycles. The summed E-state index contributed by atoms with van der Waals surface area (Å²) in [4.78, 5) is 33.4. The molecule has 2 aliphatic heterocycles. The van der Waals surface area contributed by atoms with E-state index in [0.29, 0.717) is 27.9 Å². The van der Waals surface area contributed by atoms with Crippen LogP contribution in [0.25, 0.3) is 22.6 Å². The Labute approximate surface area is 192 Å². The van der Waals surface area contributed by atoms with Gasteiger partial charge >= 0.3 is 5.69 Å². The average Bonchev–Trinajstić information content (AvgIpc) is 2.75. The first-order valence-corrected chi connectivity index (χ1v) is 12.0. The highest BCUT2D eigenvalue weighted by Crippen LogP contribution is 2.30. The molecule has 6 nitrogen and oxygen atoms in total. The van der Waals surface area contributed by atoms with Gasteiger partial charge in [-0.25, -0.2) is 9.78 Å². The first-order valence-electron chi connectivity index (χ1n) is 11.2. The van der Waals surface area contributed by atoms with Crippen LogP contribution in [0.5, 0.6) is 0 Å². The van der Waals surface area contributed by atoms with Crippen LogP contribution in [0.15, 0.2) is 21.7 Å². The number of unbranched alkanes of at least 4 members (excludes halogenated alkanes) is 9. The van der Waals surface area contributed by atoms with Crippen LogP contribution in [0.3, 0.4) is 0 Å². The molecule has 0 fully saturated rings. The van der Waals surface area contributed by atoms with Crippen molar-refractivity contribution in [2.24, 2.45) is 7.05 Å². The third-order valence-corrected chi connectivity index (χ3v) is 6.46. The van der Waals surface area contributed by atoms with Crippen LogP contribution in [0.4, 0.5) is 0 Å². The molecule has 0 atom stereocenters. The van der Waals surface area contributed by atoms with Crippen LogP contribution in [-0.2, 0) is 13.6 Å². The highest BCUT2D eigenvalue weighted by molar-refractivity contribution is 6.42. The Morgan fingerprint density at radius 3 is 2.06 bits per heavy atom. The molecule has 0 saturated heterocycles. The lowest BCUT2D eigenvalue weighted by molar-refractivity contribution is 0.536. The fraction of sp³-hybridized carbons (Fsp3) is 0.565. The third-order valence-electron chi connectivity index (χ3n) is 5.74. The van der Waals surface area contributed by atoms with E-state index in [-0.39, 0.29) is 5.69 Å². The molecule has 1 aromatic carbocycles. The second kappa shape index (κ2) is 11.1. The topological polar surface area (TPSA) is 69.8 Å². The molecular formula is C23H30Cl2N4O2. The van der Waals surface area contributed by atoms with Gasteiger partial charge in [-0.15, -0.1) is 0 Å². The van der Waals surface area contributed by atoms with Gasteiger partial charge in [0.15, 0.2) is 11.5 Å². The van der Waals surface area contributed by atoms with Gasteiger partial charge in [0, 0.05) is 13.6 Å². The Hall–Kier alpha value is -1.92. The Bertz CT molecular complexity index is 1120. The number of hydrogen-bond acceptors (Lipinski definition) is 4. The Morgan fingerprint density at radius 1 is 0.839 bits per heavy atom. The molecule has 2 aliphatic rings. The quantitative estimate of drug-likeness (QED) is 0.264. The summed E-state index contributed by atoms with van der Waals surface area (Å²) >= 11 is 12.4. The lowest BCUT2D eigenvalue weighted by Gasteiger charge is -2.18. The zero-order valence-electron chi connectivity index (χ0n) is 18.3. The summed E-state index contributed by atoms with van der Waals surface area (Å²) < 4.78 is 2.86. The first kappa shape index (κ1) is 23.7. The molecule has 0 N–H and O–H groups in total. The fourth-order valence-corrected chi connectivity index (χ4v) is 4.21. The average molecular weight is 465 g/mol. The summed E-state index contributed by atoms with van der Waals surface area (Å²) in [5, 5.41) is 0.773. The summed E-state index contributed by atoms with van der Waals surface area (Å²) in [6.07, 6.45) is 12.3. The van der Waals surface area contributed by atoms with Gasteiger partial charge in [0.2, 0.25) is 0 Å². The van der Waals surface area contributed by atoms with E-state index in [4.69, 9.17) is 23.2 Å². The molecular weight excluding hydrogens is 435 g/mol. The molecule has 0 bridgehead atoms. The van der Waals surface area contributed by atoms with Gasteiger partial charge in [-0.1, -0.05) is 87.9 Å². The van der Waals surface area contributed by atoms with E-state index < -0.39 is 11.2 Å². The summed E-state index contributed by atoms with van der Waals surface area (Å²) in [6, 6.07) is 3.38. The van der Waals surface area contributed by atoms with E-state index in [1.54, 1.807) is 12.1 Å². The van der Waals surface area contributed by atoms with Crippen molar-refractivity contribution in [3.05, 3.63) is 43.0 Å². The molecule has 0 unspecified atom stereocenters. The van der Waals surface area contributed by atoms with Crippen molar-refractivity contribution in [1.82, 2.24) is 19.1 Å². The van der Waals surface area contributed by atoms with Crippen molar-refractivity contribution in [2.45, 2.75) is 77.7 Å². The van der Waals surface area contributed by atoms with Crippen molar-refractivity contribution < 1.29 is 0 Å². The van der Waals surface area contributed by atoms with Gasteiger partial charge in [0.1, 0.15) is 0 Å². The lowest BCUT2D eigenvalue weighted by atomic mass is 10.1. The van der Waals surface area contributed by atoms with E-state index in [1.807, 2.05) is 4.57 Å². The highest BCUT2D eigenvalue weighted by Gasteiger charge is 2.21. The number of aryl methyl sites for hydroxylation is 1. The Balaban J connectivity index is 1.76. The SMILES string of the molecule is CCCCCCCCCCCCn1c2nc(=O)n(C)c(=O)c-2nc2cc(Cl)c(Cl)cc21. The van der Waals surface area contributed by atoms with Gasteiger partial charge in [0.05, 0.1) is 21.1 Å². The van der Waals surface area contributed by atoms with Crippen LogP contribution in [0.1, 0.15) is 71.1 Å². The van der Waals surface area contributed by atoms with E-state index in [1.165, 1.54) is 58.4 Å². The molecule has 8 heteroatoms. The molecule has 0 aromatic heterocycles. The predicted molar refractivity (Wildman–Crippen MR) is 128 cm³/mol. The van der Waals surface area contributed by atoms with Crippen LogP contribution >= 0.6 is 23.2 Å². The minimum absolute atomic E-state index is 0.167. The van der Waals surface area contributed by atoms with Crippen LogP contribution in [-0.4, -0.2) is 19.1 Å². The van der Waals surface area contributed by atoms with Gasteiger partial charge in [-0.3, -0.25) is 9.36 Å². The monoisotopic (exact) mass is 464 g/mol. The van der Waals surface area contributed by atoms with E-state index >= 15 is 0 Å². The minimum Gasteiger partial charge on any atom is -0.322 e. The van der Waals surface area contributed by atoms with E-state index in [9.17, 15) is 9.59 Å². The number of rotatable bonds is 11. The second-order valence-electron chi connectivity index (χ2n) is 8.13. The first-order chi connectivity index (χ1) is 14.9. The number of nitrogens with zero attached hydrogens (tertiary/aromatic N) is 4. The van der Waals surface area contributed by atoms with E-state index in [0.717, 1.165) is 22.9 Å². The zero-order chi connectivity index (χ0) is 22.4. The van der Waals surface area contributed by atoms with Crippen molar-refractivity contribution in [1.29, 1.82) is 0 Å². The fourth-order valence-electron chi connectivity index (χ4n) is 3.90.